The molecule has 0 saturated carbocycles. The highest BCUT2D eigenvalue weighted by Crippen LogP contribution is 2.25. The number of benzene rings is 2. The Balaban J connectivity index is 1.59. The number of aromatic nitrogens is 2. The normalized spacial score (nSPS) is 13.5. The SMILES string of the molecule is O=C1c2ccccc2C(=O)N1Cc1nnc(-c2cccc(F)c2)o1. The maximum absolute atomic E-state index is 13.3. The number of carbonyl (C=O) groups is 2. The molecule has 2 heterocycles. The number of hydrogen-bond donors (Lipinski definition) is 0. The zero-order valence-corrected chi connectivity index (χ0v) is 12.3. The first-order chi connectivity index (χ1) is 11.6. The van der Waals surface area contributed by atoms with Crippen LogP contribution in [0.15, 0.2) is 52.9 Å². The van der Waals surface area contributed by atoms with Crippen LogP contribution in [0.1, 0.15) is 26.6 Å². The van der Waals surface area contributed by atoms with Gasteiger partial charge in [-0.2, -0.15) is 0 Å². The summed E-state index contributed by atoms with van der Waals surface area (Å²) >= 11 is 0. The Kier molecular flexibility index (Phi) is 3.19. The minimum Gasteiger partial charge on any atom is -0.419 e. The molecule has 1 aliphatic rings. The minimum atomic E-state index is -0.424. The van der Waals surface area contributed by atoms with Gasteiger partial charge in [-0.25, -0.2) is 4.39 Å². The standard InChI is InChI=1S/C17H10FN3O3/c18-11-5-3-4-10(8-11)15-20-19-14(24-15)9-21-16(22)12-6-1-2-7-13(12)17(21)23/h1-8H,9H2. The topological polar surface area (TPSA) is 76.3 Å². The third kappa shape index (κ3) is 2.26. The van der Waals surface area contributed by atoms with Gasteiger partial charge in [0.15, 0.2) is 0 Å². The summed E-state index contributed by atoms with van der Waals surface area (Å²) in [7, 11) is 0. The molecule has 0 aliphatic carbocycles. The van der Waals surface area contributed by atoms with Gasteiger partial charge in [-0.3, -0.25) is 14.5 Å². The molecule has 0 bridgehead atoms. The third-order valence-electron chi connectivity index (χ3n) is 3.71. The summed E-state index contributed by atoms with van der Waals surface area (Å²) in [5.74, 6) is -1.00. The molecule has 0 unspecified atom stereocenters. The van der Waals surface area contributed by atoms with Crippen molar-refractivity contribution < 1.29 is 18.4 Å². The average Bonchev–Trinajstić information content (AvgIpc) is 3.15. The van der Waals surface area contributed by atoms with Crippen LogP contribution in [0, 0.1) is 5.82 Å². The molecule has 0 saturated heterocycles. The molecule has 3 aromatic rings. The second-order valence-corrected chi connectivity index (χ2v) is 5.25. The number of rotatable bonds is 3. The number of carbonyl (C=O) groups excluding carboxylic acids is 2. The van der Waals surface area contributed by atoms with Gasteiger partial charge in [0.05, 0.1) is 11.1 Å². The van der Waals surface area contributed by atoms with Crippen LogP contribution < -0.4 is 0 Å². The molecule has 6 nitrogen and oxygen atoms in total. The molecule has 1 aromatic heterocycles. The quantitative estimate of drug-likeness (QED) is 0.693. The van der Waals surface area contributed by atoms with E-state index < -0.39 is 17.6 Å². The third-order valence-corrected chi connectivity index (χ3v) is 3.71. The Hall–Kier alpha value is -3.35. The van der Waals surface area contributed by atoms with Crippen molar-refractivity contribution in [1.29, 1.82) is 0 Å². The highest BCUT2D eigenvalue weighted by atomic mass is 19.1. The second kappa shape index (κ2) is 5.38. The zero-order chi connectivity index (χ0) is 16.7. The lowest BCUT2D eigenvalue weighted by atomic mass is 10.1. The fourth-order valence-electron chi connectivity index (χ4n) is 2.57. The molecule has 7 heteroatoms. The summed E-state index contributed by atoms with van der Waals surface area (Å²) < 4.78 is 18.7. The molecule has 0 spiro atoms. The number of imide groups is 1. The summed E-state index contributed by atoms with van der Waals surface area (Å²) in [4.78, 5) is 25.6. The van der Waals surface area contributed by atoms with E-state index in [1.807, 2.05) is 0 Å². The van der Waals surface area contributed by atoms with Crippen LogP contribution in [0.2, 0.25) is 0 Å². The van der Waals surface area contributed by atoms with E-state index in [4.69, 9.17) is 4.42 Å². The van der Waals surface area contributed by atoms with E-state index >= 15 is 0 Å². The molecule has 0 atom stereocenters. The first kappa shape index (κ1) is 14.3. The Morgan fingerprint density at radius 3 is 2.33 bits per heavy atom. The highest BCUT2D eigenvalue weighted by molar-refractivity contribution is 6.21. The molecule has 24 heavy (non-hydrogen) atoms. The van der Waals surface area contributed by atoms with Crippen LogP contribution in [0.5, 0.6) is 0 Å². The lowest BCUT2D eigenvalue weighted by Crippen LogP contribution is -2.29. The van der Waals surface area contributed by atoms with Crippen LogP contribution in [-0.2, 0) is 6.54 Å². The smallest absolute Gasteiger partial charge is 0.262 e. The van der Waals surface area contributed by atoms with E-state index in [-0.39, 0.29) is 18.3 Å². The van der Waals surface area contributed by atoms with Crippen LogP contribution in [0.3, 0.4) is 0 Å². The van der Waals surface area contributed by atoms with Gasteiger partial charge in [0, 0.05) is 5.56 Å². The number of hydrogen-bond acceptors (Lipinski definition) is 5. The molecule has 0 fully saturated rings. The Bertz CT molecular complexity index is 932. The largest absolute Gasteiger partial charge is 0.419 e. The molecule has 2 aromatic carbocycles. The first-order valence-electron chi connectivity index (χ1n) is 7.17. The van der Waals surface area contributed by atoms with Gasteiger partial charge in [0.25, 0.3) is 11.8 Å². The second-order valence-electron chi connectivity index (χ2n) is 5.25. The van der Waals surface area contributed by atoms with Crippen LogP contribution in [0.25, 0.3) is 11.5 Å². The summed E-state index contributed by atoms with van der Waals surface area (Å²) in [6.07, 6.45) is 0. The highest BCUT2D eigenvalue weighted by Gasteiger charge is 2.36. The molecular formula is C17H10FN3O3. The van der Waals surface area contributed by atoms with E-state index in [0.717, 1.165) is 4.90 Å². The summed E-state index contributed by atoms with van der Waals surface area (Å²) in [6.45, 7) is -0.130. The first-order valence-corrected chi connectivity index (χ1v) is 7.17. The van der Waals surface area contributed by atoms with Gasteiger partial charge in [-0.15, -0.1) is 10.2 Å². The Morgan fingerprint density at radius 1 is 0.958 bits per heavy atom. The molecule has 0 radical (unpaired) electrons. The van der Waals surface area contributed by atoms with Gasteiger partial charge < -0.3 is 4.42 Å². The summed E-state index contributed by atoms with van der Waals surface area (Å²) in [5, 5.41) is 7.67. The lowest BCUT2D eigenvalue weighted by Gasteiger charge is -2.10. The summed E-state index contributed by atoms with van der Waals surface area (Å²) in [5.41, 5.74) is 1.14. The maximum Gasteiger partial charge on any atom is 0.262 e. The van der Waals surface area contributed by atoms with E-state index in [2.05, 4.69) is 10.2 Å². The lowest BCUT2D eigenvalue weighted by molar-refractivity contribution is 0.0629. The average molecular weight is 323 g/mol. The van der Waals surface area contributed by atoms with E-state index in [0.29, 0.717) is 16.7 Å². The van der Waals surface area contributed by atoms with Crippen molar-refractivity contribution >= 4 is 11.8 Å². The van der Waals surface area contributed by atoms with E-state index in [9.17, 15) is 14.0 Å². The van der Waals surface area contributed by atoms with Crippen LogP contribution in [0.4, 0.5) is 4.39 Å². The van der Waals surface area contributed by atoms with Crippen molar-refractivity contribution in [2.45, 2.75) is 6.54 Å². The molecule has 2 amide bonds. The number of nitrogens with zero attached hydrogens (tertiary/aromatic N) is 3. The Labute approximate surface area is 135 Å². The fourth-order valence-corrected chi connectivity index (χ4v) is 2.57. The number of halogens is 1. The molecule has 118 valence electrons. The van der Waals surface area contributed by atoms with Gasteiger partial charge in [0.2, 0.25) is 11.8 Å². The van der Waals surface area contributed by atoms with Gasteiger partial charge >= 0.3 is 0 Å². The zero-order valence-electron chi connectivity index (χ0n) is 12.3. The predicted molar refractivity (Wildman–Crippen MR) is 80.3 cm³/mol. The molecule has 1 aliphatic heterocycles. The molecular weight excluding hydrogens is 313 g/mol. The van der Waals surface area contributed by atoms with Crippen LogP contribution in [-0.4, -0.2) is 26.9 Å². The van der Waals surface area contributed by atoms with Crippen molar-refractivity contribution in [3.8, 4) is 11.5 Å². The van der Waals surface area contributed by atoms with Crippen LogP contribution >= 0.6 is 0 Å². The van der Waals surface area contributed by atoms with E-state index in [1.165, 1.54) is 18.2 Å². The predicted octanol–water partition coefficient (Wildman–Crippen LogP) is 2.67. The van der Waals surface area contributed by atoms with Crippen molar-refractivity contribution in [2.75, 3.05) is 0 Å². The van der Waals surface area contributed by atoms with Crippen molar-refractivity contribution in [3.63, 3.8) is 0 Å². The van der Waals surface area contributed by atoms with Gasteiger partial charge in [-0.1, -0.05) is 18.2 Å². The molecule has 0 N–H and O–H groups in total. The van der Waals surface area contributed by atoms with Crippen molar-refractivity contribution in [2.24, 2.45) is 0 Å². The number of amides is 2. The maximum atomic E-state index is 13.3. The van der Waals surface area contributed by atoms with Gasteiger partial charge in [0.1, 0.15) is 12.4 Å². The monoisotopic (exact) mass is 323 g/mol. The van der Waals surface area contributed by atoms with Crippen molar-refractivity contribution in [1.82, 2.24) is 15.1 Å². The van der Waals surface area contributed by atoms with E-state index in [1.54, 1.807) is 30.3 Å². The number of fused-ring (bicyclic) bond motifs is 1. The van der Waals surface area contributed by atoms with Gasteiger partial charge in [-0.05, 0) is 30.3 Å². The minimum absolute atomic E-state index is 0.101. The van der Waals surface area contributed by atoms with Crippen molar-refractivity contribution in [3.05, 3.63) is 71.4 Å². The molecule has 4 rings (SSSR count). The summed E-state index contributed by atoms with van der Waals surface area (Å²) in [6, 6.07) is 12.3. The Morgan fingerprint density at radius 2 is 1.67 bits per heavy atom. The fraction of sp³-hybridized carbons (Fsp3) is 0.0588.